The average molecular weight is 561 g/mol. The van der Waals surface area contributed by atoms with E-state index in [0.717, 1.165) is 61.7 Å². The SMILES string of the molecule is C=CC1=C(C)C2=NC1=CC1=NC(=CC3=NC(=CC4=NC(=C2)C(C)=C4CCC(=O)O)C(CCC(=O)O)=C3C)C(C=C)=C1C. The molecule has 2 N–H and O–H groups in total. The number of aliphatic imine (C=N–C) groups is 4. The molecule has 0 amide bonds. The standard InChI is InChI=1S/C34H32N4O4/c1-7-21-17(3)25-13-26-19(5)23(9-11-33(39)40)31(37-26)16-32-24(10-12-34(41)42)20(6)28(38-32)15-30-22(8-2)18(4)27(36-30)14-29(21)35-25/h7-8,13-16H,1-2,9-12H2,3-6H3,(H,39,40)(H,41,42). The van der Waals surface area contributed by atoms with Crippen LogP contribution in [0.3, 0.4) is 0 Å². The second-order valence-corrected chi connectivity index (χ2v) is 10.6. The third-order valence-corrected chi connectivity index (χ3v) is 8.06. The molecule has 0 aliphatic carbocycles. The topological polar surface area (TPSA) is 124 Å². The fourth-order valence-electron chi connectivity index (χ4n) is 5.61. The fourth-order valence-corrected chi connectivity index (χ4v) is 5.61. The average Bonchev–Trinajstić information content (AvgIpc) is 3.59. The summed E-state index contributed by atoms with van der Waals surface area (Å²) < 4.78 is 0. The molecule has 0 spiro atoms. The van der Waals surface area contributed by atoms with Gasteiger partial charge in [0, 0.05) is 24.0 Å². The van der Waals surface area contributed by atoms with E-state index in [1.54, 1.807) is 12.2 Å². The molecule has 0 atom stereocenters. The largest absolute Gasteiger partial charge is 0.481 e. The van der Waals surface area contributed by atoms with Crippen molar-refractivity contribution in [2.45, 2.75) is 53.4 Å². The Morgan fingerprint density at radius 3 is 1.50 bits per heavy atom. The molecule has 8 heteroatoms. The van der Waals surface area contributed by atoms with Gasteiger partial charge >= 0.3 is 11.9 Å². The first-order chi connectivity index (χ1) is 20.0. The summed E-state index contributed by atoms with van der Waals surface area (Å²) in [5, 5.41) is 18.9. The Hall–Kier alpha value is -4.98. The maximum Gasteiger partial charge on any atom is 0.303 e. The number of hydrogen-bond donors (Lipinski definition) is 2. The molecule has 0 aromatic heterocycles. The first-order valence-electron chi connectivity index (χ1n) is 13.8. The van der Waals surface area contributed by atoms with Crippen LogP contribution in [-0.2, 0) is 9.59 Å². The molecule has 0 radical (unpaired) electrons. The van der Waals surface area contributed by atoms with E-state index in [1.165, 1.54) is 0 Å². The van der Waals surface area contributed by atoms with Crippen molar-refractivity contribution in [1.29, 1.82) is 0 Å². The molecule has 0 unspecified atom stereocenters. The predicted octanol–water partition coefficient (Wildman–Crippen LogP) is 6.72. The molecule has 8 nitrogen and oxygen atoms in total. The highest BCUT2D eigenvalue weighted by molar-refractivity contribution is 6.20. The second kappa shape index (κ2) is 11.1. The summed E-state index contributed by atoms with van der Waals surface area (Å²) in [4.78, 5) is 42.7. The van der Waals surface area contributed by atoms with Crippen LogP contribution in [0.15, 0.2) is 137 Å². The monoisotopic (exact) mass is 560 g/mol. The van der Waals surface area contributed by atoms with Gasteiger partial charge in [0.2, 0.25) is 0 Å². The Kier molecular flexibility index (Phi) is 7.56. The van der Waals surface area contributed by atoms with Gasteiger partial charge in [-0.15, -0.1) is 0 Å². The normalized spacial score (nSPS) is 19.7. The minimum atomic E-state index is -0.898. The third kappa shape index (κ3) is 5.11. The highest BCUT2D eigenvalue weighted by atomic mass is 16.4. The minimum absolute atomic E-state index is 0.0486. The molecular formula is C34H32N4O4. The van der Waals surface area contributed by atoms with Gasteiger partial charge in [0.25, 0.3) is 0 Å². The number of carboxylic acid groups (broad SMARTS) is 2. The van der Waals surface area contributed by atoms with Crippen molar-refractivity contribution in [3.8, 4) is 0 Å². The van der Waals surface area contributed by atoms with Gasteiger partial charge in [0.05, 0.1) is 45.6 Å². The summed E-state index contributed by atoms with van der Waals surface area (Å²) in [6.45, 7) is 15.9. The summed E-state index contributed by atoms with van der Waals surface area (Å²) in [6.07, 6.45) is 11.7. The molecule has 5 heterocycles. The van der Waals surface area contributed by atoms with Crippen LogP contribution in [0.5, 0.6) is 0 Å². The summed E-state index contributed by atoms with van der Waals surface area (Å²) >= 11 is 0. The van der Waals surface area contributed by atoms with Gasteiger partial charge in [-0.1, -0.05) is 25.3 Å². The van der Waals surface area contributed by atoms with Gasteiger partial charge in [-0.3, -0.25) is 9.59 Å². The molecule has 5 aliphatic heterocycles. The van der Waals surface area contributed by atoms with Crippen LogP contribution in [0.1, 0.15) is 53.4 Å². The van der Waals surface area contributed by atoms with Gasteiger partial charge in [0.15, 0.2) is 0 Å². The molecule has 212 valence electrons. The lowest BCUT2D eigenvalue weighted by atomic mass is 9.96. The lowest BCUT2D eigenvalue weighted by molar-refractivity contribution is -0.137. The van der Waals surface area contributed by atoms with E-state index in [9.17, 15) is 19.8 Å². The van der Waals surface area contributed by atoms with Crippen LogP contribution >= 0.6 is 0 Å². The van der Waals surface area contributed by atoms with Crippen LogP contribution in [0.2, 0.25) is 0 Å². The smallest absolute Gasteiger partial charge is 0.303 e. The van der Waals surface area contributed by atoms with E-state index >= 15 is 0 Å². The van der Waals surface area contributed by atoms with Gasteiger partial charge in [0.1, 0.15) is 0 Å². The van der Waals surface area contributed by atoms with E-state index in [-0.39, 0.29) is 12.8 Å². The van der Waals surface area contributed by atoms with Crippen molar-refractivity contribution in [3.05, 3.63) is 117 Å². The molecule has 0 aromatic rings. The Morgan fingerprint density at radius 2 is 1.00 bits per heavy atom. The lowest BCUT2D eigenvalue weighted by Gasteiger charge is -2.07. The van der Waals surface area contributed by atoms with Crippen molar-refractivity contribution in [2.75, 3.05) is 0 Å². The quantitative estimate of drug-likeness (QED) is 0.342. The molecule has 0 saturated heterocycles. The number of rotatable bonds is 8. The van der Waals surface area contributed by atoms with Gasteiger partial charge < -0.3 is 10.2 Å². The van der Waals surface area contributed by atoms with E-state index in [4.69, 9.17) is 20.0 Å². The van der Waals surface area contributed by atoms with Crippen LogP contribution in [0.4, 0.5) is 0 Å². The number of aliphatic carboxylic acids is 2. The molecule has 8 bridgehead atoms. The summed E-state index contributed by atoms with van der Waals surface area (Å²) in [7, 11) is 0. The van der Waals surface area contributed by atoms with Crippen LogP contribution in [0.25, 0.3) is 0 Å². The first kappa shape index (κ1) is 28.5. The van der Waals surface area contributed by atoms with Crippen molar-refractivity contribution < 1.29 is 19.8 Å². The Bertz CT molecular complexity index is 1770. The van der Waals surface area contributed by atoms with E-state index in [0.29, 0.717) is 41.4 Å². The van der Waals surface area contributed by atoms with E-state index < -0.39 is 11.9 Å². The highest BCUT2D eigenvalue weighted by Gasteiger charge is 2.28. The fraction of sp³-hybridized carbons (Fsp3) is 0.235. The van der Waals surface area contributed by atoms with E-state index in [2.05, 4.69) is 13.2 Å². The molecule has 0 saturated carbocycles. The number of fused-ring (bicyclic) bond motifs is 4. The van der Waals surface area contributed by atoms with Crippen molar-refractivity contribution in [2.24, 2.45) is 20.0 Å². The third-order valence-electron chi connectivity index (χ3n) is 8.06. The zero-order valence-corrected chi connectivity index (χ0v) is 24.2. The molecule has 5 rings (SSSR count). The van der Waals surface area contributed by atoms with E-state index in [1.807, 2.05) is 52.0 Å². The first-order valence-corrected chi connectivity index (χ1v) is 13.8. The molecule has 0 fully saturated rings. The molecule has 5 aliphatic rings. The Balaban J connectivity index is 1.78. The molecule has 42 heavy (non-hydrogen) atoms. The number of nitrogens with zero attached hydrogens (tertiary/aromatic N) is 4. The van der Waals surface area contributed by atoms with Gasteiger partial charge in [-0.2, -0.15) is 0 Å². The minimum Gasteiger partial charge on any atom is -0.481 e. The van der Waals surface area contributed by atoms with Crippen LogP contribution in [0, 0.1) is 0 Å². The second-order valence-electron chi connectivity index (χ2n) is 10.6. The lowest BCUT2D eigenvalue weighted by Crippen LogP contribution is -2.03. The van der Waals surface area contributed by atoms with Crippen molar-refractivity contribution >= 4 is 34.8 Å². The van der Waals surface area contributed by atoms with Crippen molar-refractivity contribution in [1.82, 2.24) is 0 Å². The summed E-state index contributed by atoms with van der Waals surface area (Å²) in [5.74, 6) is -1.80. The molecule has 0 aromatic carbocycles. The number of carbonyl (C=O) groups is 2. The zero-order chi connectivity index (χ0) is 30.3. The van der Waals surface area contributed by atoms with Gasteiger partial charge in [-0.05, 0) is 98.3 Å². The summed E-state index contributed by atoms with van der Waals surface area (Å²) in [5.41, 5.74) is 12.6. The van der Waals surface area contributed by atoms with Crippen LogP contribution in [-0.4, -0.2) is 45.0 Å². The van der Waals surface area contributed by atoms with Crippen LogP contribution < -0.4 is 0 Å². The molecular weight excluding hydrogens is 528 g/mol. The number of carboxylic acids is 2. The Morgan fingerprint density at radius 1 is 0.595 bits per heavy atom. The number of allylic oxidation sites excluding steroid dienone is 12. The zero-order valence-electron chi connectivity index (χ0n) is 24.2. The summed E-state index contributed by atoms with van der Waals surface area (Å²) in [6, 6.07) is 0. The van der Waals surface area contributed by atoms with Gasteiger partial charge in [-0.25, -0.2) is 20.0 Å². The Labute approximate surface area is 244 Å². The predicted molar refractivity (Wildman–Crippen MR) is 167 cm³/mol. The van der Waals surface area contributed by atoms with Crippen molar-refractivity contribution in [3.63, 3.8) is 0 Å². The highest BCUT2D eigenvalue weighted by Crippen LogP contribution is 2.37. The maximum absolute atomic E-state index is 11.5. The number of hydrogen-bond acceptors (Lipinski definition) is 6. The maximum atomic E-state index is 11.5.